The van der Waals surface area contributed by atoms with Gasteiger partial charge in [-0.2, -0.15) is 0 Å². The van der Waals surface area contributed by atoms with Crippen LogP contribution in [0.3, 0.4) is 0 Å². The predicted octanol–water partition coefficient (Wildman–Crippen LogP) is 5.62. The second-order valence-corrected chi connectivity index (χ2v) is 9.98. The molecule has 0 atom stereocenters. The van der Waals surface area contributed by atoms with Crippen LogP contribution in [0.25, 0.3) is 6.08 Å². The monoisotopic (exact) mass is 615 g/mol. The number of ether oxygens (including phenoxy) is 2. The zero-order valence-electron chi connectivity index (χ0n) is 16.8. The number of thioether (sulfide) groups is 1. The molecule has 3 rings (SSSR count). The topological polar surface area (TPSA) is 72.9 Å². The maximum atomic E-state index is 12.6. The van der Waals surface area contributed by atoms with Crippen LogP contribution in [-0.2, 0) is 20.9 Å². The summed E-state index contributed by atoms with van der Waals surface area (Å²) in [5, 5.41) is -0.485. The Morgan fingerprint density at radius 1 is 1.19 bits per heavy atom. The van der Waals surface area contributed by atoms with E-state index in [-0.39, 0.29) is 17.6 Å². The summed E-state index contributed by atoms with van der Waals surface area (Å²) < 4.78 is 12.8. The first-order valence-corrected chi connectivity index (χ1v) is 12.0. The van der Waals surface area contributed by atoms with Crippen molar-refractivity contribution in [2.75, 3.05) is 6.54 Å². The van der Waals surface area contributed by atoms with Crippen LogP contribution in [0.1, 0.15) is 25.0 Å². The summed E-state index contributed by atoms with van der Waals surface area (Å²) in [6.07, 6.45) is 1.33. The predicted molar refractivity (Wildman–Crippen MR) is 132 cm³/mol. The molecule has 0 aromatic heterocycles. The number of esters is 1. The van der Waals surface area contributed by atoms with Crippen LogP contribution < -0.4 is 4.74 Å². The van der Waals surface area contributed by atoms with Gasteiger partial charge in [0, 0.05) is 4.47 Å². The van der Waals surface area contributed by atoms with Gasteiger partial charge in [-0.3, -0.25) is 19.3 Å². The maximum absolute atomic E-state index is 12.6. The van der Waals surface area contributed by atoms with E-state index in [1.54, 1.807) is 19.9 Å². The molecule has 2 aromatic rings. The second-order valence-electron chi connectivity index (χ2n) is 6.91. The molecule has 0 N–H and O–H groups in total. The highest BCUT2D eigenvalue weighted by atomic mass is 127. The lowest BCUT2D eigenvalue weighted by Gasteiger charge is -2.13. The Labute approximate surface area is 206 Å². The van der Waals surface area contributed by atoms with Crippen molar-refractivity contribution in [1.29, 1.82) is 0 Å². The Hall–Kier alpha value is -1.85. The zero-order chi connectivity index (χ0) is 22.5. The molecule has 2 amide bonds. The molecule has 1 aliphatic rings. The number of rotatable bonds is 7. The summed E-state index contributed by atoms with van der Waals surface area (Å²) in [4.78, 5) is 37.7. The number of hydrogen-bond donors (Lipinski definition) is 0. The van der Waals surface area contributed by atoms with E-state index in [1.165, 1.54) is 0 Å². The van der Waals surface area contributed by atoms with E-state index >= 15 is 0 Å². The minimum Gasteiger partial charge on any atom is -0.488 e. The molecule has 0 bridgehead atoms. The normalized spacial score (nSPS) is 15.1. The van der Waals surface area contributed by atoms with Crippen LogP contribution in [0.15, 0.2) is 51.8 Å². The fourth-order valence-corrected chi connectivity index (χ4v) is 4.48. The lowest BCUT2D eigenvalue weighted by molar-refractivity contribution is -0.149. The third kappa shape index (κ3) is 6.56. The first-order chi connectivity index (χ1) is 14.7. The van der Waals surface area contributed by atoms with Crippen molar-refractivity contribution in [2.45, 2.75) is 26.6 Å². The number of benzene rings is 2. The number of carbonyl (C=O) groups excluding carboxylic acids is 3. The van der Waals surface area contributed by atoms with Crippen molar-refractivity contribution < 1.29 is 23.9 Å². The van der Waals surface area contributed by atoms with Gasteiger partial charge in [0.05, 0.1) is 14.6 Å². The van der Waals surface area contributed by atoms with Gasteiger partial charge in [0.15, 0.2) is 0 Å². The summed E-state index contributed by atoms with van der Waals surface area (Å²) in [6, 6.07) is 13.4. The smallest absolute Gasteiger partial charge is 0.326 e. The Kier molecular flexibility index (Phi) is 8.17. The molecule has 6 nitrogen and oxygen atoms in total. The fraction of sp³-hybridized carbons (Fsp3) is 0.227. The molecule has 1 fully saturated rings. The van der Waals surface area contributed by atoms with E-state index in [4.69, 9.17) is 9.47 Å². The summed E-state index contributed by atoms with van der Waals surface area (Å²) in [7, 11) is 0. The summed E-state index contributed by atoms with van der Waals surface area (Å²) in [5.41, 5.74) is 1.81. The van der Waals surface area contributed by atoms with Crippen molar-refractivity contribution in [3.8, 4) is 5.75 Å². The van der Waals surface area contributed by atoms with Gasteiger partial charge in [0.1, 0.15) is 18.9 Å². The molecule has 9 heteroatoms. The molecule has 0 spiro atoms. The third-order valence-corrected chi connectivity index (χ3v) is 6.37. The Morgan fingerprint density at radius 2 is 1.90 bits per heavy atom. The Morgan fingerprint density at radius 3 is 2.55 bits per heavy atom. The number of halogens is 2. The summed E-state index contributed by atoms with van der Waals surface area (Å²) >= 11 is 6.39. The highest BCUT2D eigenvalue weighted by molar-refractivity contribution is 14.1. The van der Waals surface area contributed by atoms with Gasteiger partial charge in [0.2, 0.25) is 0 Å². The molecule has 31 heavy (non-hydrogen) atoms. The van der Waals surface area contributed by atoms with Gasteiger partial charge in [-0.05, 0) is 89.7 Å². The molecule has 1 heterocycles. The first-order valence-electron chi connectivity index (χ1n) is 9.34. The summed E-state index contributed by atoms with van der Waals surface area (Å²) in [6.45, 7) is 3.47. The van der Waals surface area contributed by atoms with Crippen LogP contribution in [0.2, 0.25) is 0 Å². The quantitative estimate of drug-likeness (QED) is 0.229. The van der Waals surface area contributed by atoms with Gasteiger partial charge >= 0.3 is 5.97 Å². The largest absolute Gasteiger partial charge is 0.488 e. The van der Waals surface area contributed by atoms with Gasteiger partial charge in [-0.1, -0.05) is 34.1 Å². The molecule has 162 valence electrons. The lowest BCUT2D eigenvalue weighted by atomic mass is 10.2. The van der Waals surface area contributed by atoms with E-state index in [1.807, 2.05) is 42.5 Å². The molecular formula is C22H19BrINO5S. The van der Waals surface area contributed by atoms with Gasteiger partial charge in [-0.15, -0.1) is 0 Å². The van der Waals surface area contributed by atoms with Crippen molar-refractivity contribution >= 4 is 73.5 Å². The lowest BCUT2D eigenvalue weighted by Crippen LogP contribution is -2.35. The SMILES string of the molecule is CC(C)OC(=O)CN1C(=O)S/C(=C/c2ccc(OCc3ccc(Br)cc3)c(I)c2)C1=O. The minimum atomic E-state index is -0.611. The number of amides is 2. The van der Waals surface area contributed by atoms with Crippen LogP contribution in [0.4, 0.5) is 4.79 Å². The van der Waals surface area contributed by atoms with Gasteiger partial charge in [0.25, 0.3) is 11.1 Å². The zero-order valence-corrected chi connectivity index (χ0v) is 21.3. The minimum absolute atomic E-state index is 0.265. The molecule has 0 unspecified atom stereocenters. The molecule has 2 aromatic carbocycles. The number of hydrogen-bond acceptors (Lipinski definition) is 6. The van der Waals surface area contributed by atoms with Crippen LogP contribution in [-0.4, -0.2) is 34.7 Å². The van der Waals surface area contributed by atoms with Gasteiger partial charge < -0.3 is 9.47 Å². The number of carbonyl (C=O) groups is 3. The van der Waals surface area contributed by atoms with E-state index in [0.717, 1.165) is 41.6 Å². The van der Waals surface area contributed by atoms with E-state index in [2.05, 4.69) is 38.5 Å². The Balaban J connectivity index is 1.67. The summed E-state index contributed by atoms with van der Waals surface area (Å²) in [5.74, 6) is -0.383. The van der Waals surface area contributed by atoms with E-state index in [0.29, 0.717) is 6.61 Å². The molecular weight excluding hydrogens is 597 g/mol. The number of imide groups is 1. The van der Waals surface area contributed by atoms with Crippen LogP contribution in [0, 0.1) is 3.57 Å². The average molecular weight is 616 g/mol. The third-order valence-electron chi connectivity index (χ3n) is 4.09. The highest BCUT2D eigenvalue weighted by Gasteiger charge is 2.36. The fourth-order valence-electron chi connectivity index (χ4n) is 2.68. The standard InChI is InChI=1S/C22H19BrINO5S/c1-13(2)30-20(26)11-25-21(27)19(31-22(25)28)10-15-5-8-18(17(24)9-15)29-12-14-3-6-16(23)7-4-14/h3-10,13H,11-12H2,1-2H3/b19-10+. The van der Waals surface area contributed by atoms with E-state index in [9.17, 15) is 14.4 Å². The molecule has 0 radical (unpaired) electrons. The molecule has 1 saturated heterocycles. The van der Waals surface area contributed by atoms with E-state index < -0.39 is 17.1 Å². The first kappa shape index (κ1) is 23.8. The highest BCUT2D eigenvalue weighted by Crippen LogP contribution is 2.33. The van der Waals surface area contributed by atoms with Crippen molar-refractivity contribution in [3.63, 3.8) is 0 Å². The number of nitrogens with zero attached hydrogens (tertiary/aromatic N) is 1. The van der Waals surface area contributed by atoms with Crippen molar-refractivity contribution in [1.82, 2.24) is 4.90 Å². The van der Waals surface area contributed by atoms with Crippen LogP contribution >= 0.6 is 50.3 Å². The molecule has 0 saturated carbocycles. The van der Waals surface area contributed by atoms with Gasteiger partial charge in [-0.25, -0.2) is 0 Å². The van der Waals surface area contributed by atoms with Crippen molar-refractivity contribution in [2.24, 2.45) is 0 Å². The van der Waals surface area contributed by atoms with Crippen LogP contribution in [0.5, 0.6) is 5.75 Å². The molecule has 1 aliphatic heterocycles. The van der Waals surface area contributed by atoms with Crippen molar-refractivity contribution in [3.05, 3.63) is 66.5 Å². The Bertz CT molecular complexity index is 1040. The molecule has 0 aliphatic carbocycles. The maximum Gasteiger partial charge on any atom is 0.326 e. The average Bonchev–Trinajstić information content (AvgIpc) is 2.95. The second kappa shape index (κ2) is 10.6.